The summed E-state index contributed by atoms with van der Waals surface area (Å²) in [6, 6.07) is 9.35. The topological polar surface area (TPSA) is 99.7 Å². The zero-order valence-corrected chi connectivity index (χ0v) is 22.9. The maximum Gasteiger partial charge on any atom is 0.415 e. The molecule has 0 aliphatic carbocycles. The lowest BCUT2D eigenvalue weighted by Crippen LogP contribution is -2.45. The summed E-state index contributed by atoms with van der Waals surface area (Å²) in [6.45, 7) is 14.7. The Kier molecular flexibility index (Phi) is 8.99. The number of hydrogen-bond acceptors (Lipinski definition) is 7. The van der Waals surface area contributed by atoms with Crippen molar-refractivity contribution in [3.05, 3.63) is 59.8 Å². The van der Waals surface area contributed by atoms with E-state index in [2.05, 4.69) is 77.1 Å². The number of ether oxygens (including phenoxy) is 1. The van der Waals surface area contributed by atoms with E-state index >= 15 is 0 Å². The van der Waals surface area contributed by atoms with Gasteiger partial charge in [0.1, 0.15) is 12.4 Å². The molecule has 2 aliphatic heterocycles. The highest BCUT2D eigenvalue weighted by molar-refractivity contribution is 5.89. The van der Waals surface area contributed by atoms with E-state index in [4.69, 9.17) is 4.74 Å². The number of cyclic esters (lactones) is 1. The van der Waals surface area contributed by atoms with E-state index < -0.39 is 0 Å². The zero-order chi connectivity index (χ0) is 27.2. The van der Waals surface area contributed by atoms with Crippen molar-refractivity contribution in [2.45, 2.75) is 71.7 Å². The lowest BCUT2D eigenvalue weighted by atomic mass is 9.92. The van der Waals surface area contributed by atoms with Crippen molar-refractivity contribution in [1.29, 1.82) is 0 Å². The Morgan fingerprint density at radius 2 is 1.87 bits per heavy atom. The van der Waals surface area contributed by atoms with Crippen LogP contribution in [0, 0.1) is 5.92 Å². The average Bonchev–Trinajstić information content (AvgIpc) is 2.92. The molecule has 9 nitrogen and oxygen atoms in total. The first-order valence-electron chi connectivity index (χ1n) is 13.6. The van der Waals surface area contributed by atoms with Gasteiger partial charge in [0.15, 0.2) is 0 Å². The van der Waals surface area contributed by atoms with Crippen LogP contribution in [0.4, 0.5) is 16.6 Å². The van der Waals surface area contributed by atoms with Gasteiger partial charge >= 0.3 is 6.09 Å². The first-order chi connectivity index (χ1) is 18.3. The minimum Gasteiger partial charge on any atom is -0.444 e. The predicted molar refractivity (Wildman–Crippen MR) is 149 cm³/mol. The standard InChI is InChI=1S/C29H40N6O3/c1-6-26(36)32-24-12-14-34(15-13-24)25(16-19(3)4)22-10-8-21(9-11-22)20(5)31-28-30-17-23-18-38-29(37)35(7-2)27(23)33-28/h6,8-11,17,19-20,24-25H,1,7,12-16,18H2,2-5H3,(H,32,36)(H,30,31,33)/t20-,25?/m0/s1. The molecule has 38 heavy (non-hydrogen) atoms. The number of fused-ring (bicyclic) bond motifs is 1. The van der Waals surface area contributed by atoms with Crippen LogP contribution >= 0.6 is 0 Å². The zero-order valence-electron chi connectivity index (χ0n) is 22.9. The third-order valence-corrected chi connectivity index (χ3v) is 7.35. The number of anilines is 2. The maximum atomic E-state index is 12.1. The summed E-state index contributed by atoms with van der Waals surface area (Å²) in [5, 5.41) is 6.43. The molecule has 1 fully saturated rings. The van der Waals surface area contributed by atoms with E-state index in [0.717, 1.165) is 43.5 Å². The highest BCUT2D eigenvalue weighted by Gasteiger charge is 2.28. The molecule has 1 saturated heterocycles. The Bertz CT molecular complexity index is 1130. The molecule has 2 aliphatic rings. The van der Waals surface area contributed by atoms with Gasteiger partial charge in [0.2, 0.25) is 11.9 Å². The number of hydrogen-bond donors (Lipinski definition) is 2. The molecule has 1 unspecified atom stereocenters. The van der Waals surface area contributed by atoms with Crippen LogP contribution in [-0.2, 0) is 16.1 Å². The Hall–Kier alpha value is -3.46. The summed E-state index contributed by atoms with van der Waals surface area (Å²) in [6.07, 6.45) is 5.66. The van der Waals surface area contributed by atoms with Gasteiger partial charge < -0.3 is 15.4 Å². The second-order valence-corrected chi connectivity index (χ2v) is 10.5. The Labute approximate surface area is 225 Å². The number of amides is 2. The van der Waals surface area contributed by atoms with E-state index in [9.17, 15) is 9.59 Å². The molecule has 0 saturated carbocycles. The van der Waals surface area contributed by atoms with Crippen LogP contribution < -0.4 is 15.5 Å². The van der Waals surface area contributed by atoms with Crippen LogP contribution in [0.5, 0.6) is 0 Å². The van der Waals surface area contributed by atoms with Crippen LogP contribution in [0.1, 0.15) is 75.7 Å². The minimum atomic E-state index is -0.380. The number of benzene rings is 1. The summed E-state index contributed by atoms with van der Waals surface area (Å²) in [7, 11) is 0. The Balaban J connectivity index is 1.43. The fourth-order valence-corrected chi connectivity index (χ4v) is 5.23. The highest BCUT2D eigenvalue weighted by Crippen LogP contribution is 2.32. The number of carbonyl (C=O) groups excluding carboxylic acids is 2. The largest absolute Gasteiger partial charge is 0.444 e. The first kappa shape index (κ1) is 27.6. The van der Waals surface area contributed by atoms with Crippen molar-refractivity contribution in [2.75, 3.05) is 29.9 Å². The van der Waals surface area contributed by atoms with Gasteiger partial charge in [0, 0.05) is 37.9 Å². The third kappa shape index (κ3) is 6.51. The molecule has 2 atom stereocenters. The van der Waals surface area contributed by atoms with Crippen molar-refractivity contribution < 1.29 is 14.3 Å². The number of aromatic nitrogens is 2. The number of piperidine rings is 1. The van der Waals surface area contributed by atoms with Gasteiger partial charge in [0.05, 0.1) is 11.6 Å². The molecule has 0 radical (unpaired) electrons. The highest BCUT2D eigenvalue weighted by atomic mass is 16.6. The van der Waals surface area contributed by atoms with Crippen molar-refractivity contribution in [3.63, 3.8) is 0 Å². The fourth-order valence-electron chi connectivity index (χ4n) is 5.23. The van der Waals surface area contributed by atoms with Gasteiger partial charge in [-0.1, -0.05) is 44.7 Å². The quantitative estimate of drug-likeness (QED) is 0.426. The smallest absolute Gasteiger partial charge is 0.415 e. The van der Waals surface area contributed by atoms with Crippen molar-refractivity contribution in [2.24, 2.45) is 5.92 Å². The molecule has 4 rings (SSSR count). The number of carbonyl (C=O) groups is 2. The summed E-state index contributed by atoms with van der Waals surface area (Å²) in [5.74, 6) is 1.57. The monoisotopic (exact) mass is 520 g/mol. The van der Waals surface area contributed by atoms with Gasteiger partial charge in [-0.2, -0.15) is 4.98 Å². The van der Waals surface area contributed by atoms with Gasteiger partial charge in [-0.15, -0.1) is 0 Å². The molecule has 0 spiro atoms. The molecule has 3 heterocycles. The van der Waals surface area contributed by atoms with Gasteiger partial charge in [0.25, 0.3) is 0 Å². The van der Waals surface area contributed by atoms with Crippen molar-refractivity contribution in [3.8, 4) is 0 Å². The Morgan fingerprint density at radius 3 is 2.50 bits per heavy atom. The number of nitrogens with zero attached hydrogens (tertiary/aromatic N) is 4. The van der Waals surface area contributed by atoms with Crippen LogP contribution in [0.2, 0.25) is 0 Å². The summed E-state index contributed by atoms with van der Waals surface area (Å²) in [5.41, 5.74) is 3.25. The molecule has 2 aromatic rings. The minimum absolute atomic E-state index is 0.0134. The van der Waals surface area contributed by atoms with E-state index in [0.29, 0.717) is 30.3 Å². The van der Waals surface area contributed by atoms with Crippen LogP contribution in [0.25, 0.3) is 0 Å². The van der Waals surface area contributed by atoms with E-state index in [1.165, 1.54) is 16.5 Å². The molecule has 1 aromatic heterocycles. The lowest BCUT2D eigenvalue weighted by molar-refractivity contribution is -0.117. The van der Waals surface area contributed by atoms with Gasteiger partial charge in [-0.05, 0) is 56.2 Å². The normalized spacial score (nSPS) is 17.9. The fraction of sp³-hybridized carbons (Fsp3) is 0.517. The van der Waals surface area contributed by atoms with E-state index in [1.807, 2.05) is 6.92 Å². The second kappa shape index (κ2) is 12.4. The molecular weight excluding hydrogens is 480 g/mol. The molecule has 2 amide bonds. The molecule has 1 aromatic carbocycles. The van der Waals surface area contributed by atoms with E-state index in [-0.39, 0.29) is 30.7 Å². The summed E-state index contributed by atoms with van der Waals surface area (Å²) < 4.78 is 5.18. The molecule has 204 valence electrons. The third-order valence-electron chi connectivity index (χ3n) is 7.35. The van der Waals surface area contributed by atoms with Crippen LogP contribution in [0.15, 0.2) is 43.1 Å². The number of likely N-dealkylation sites (tertiary alicyclic amines) is 1. The van der Waals surface area contributed by atoms with Crippen molar-refractivity contribution >= 4 is 23.8 Å². The maximum absolute atomic E-state index is 12.1. The molecule has 2 N–H and O–H groups in total. The Morgan fingerprint density at radius 1 is 1.18 bits per heavy atom. The molecule has 9 heteroatoms. The molecular formula is C29H40N6O3. The van der Waals surface area contributed by atoms with Gasteiger partial charge in [-0.3, -0.25) is 14.6 Å². The average molecular weight is 521 g/mol. The predicted octanol–water partition coefficient (Wildman–Crippen LogP) is 4.98. The van der Waals surface area contributed by atoms with Gasteiger partial charge in [-0.25, -0.2) is 9.78 Å². The SMILES string of the molecule is C=CC(=O)NC1CCN(C(CC(C)C)c2ccc([C@H](C)Nc3ncc4c(n3)N(CC)C(=O)OC4)cc2)CC1. The lowest BCUT2D eigenvalue weighted by Gasteiger charge is -2.39. The number of nitrogens with one attached hydrogen (secondary N) is 2. The number of rotatable bonds is 10. The van der Waals surface area contributed by atoms with E-state index in [1.54, 1.807) is 6.20 Å². The second-order valence-electron chi connectivity index (χ2n) is 10.5. The van der Waals surface area contributed by atoms with Crippen molar-refractivity contribution in [1.82, 2.24) is 20.2 Å². The molecule has 0 bridgehead atoms. The first-order valence-corrected chi connectivity index (χ1v) is 13.6. The summed E-state index contributed by atoms with van der Waals surface area (Å²) in [4.78, 5) is 36.9. The summed E-state index contributed by atoms with van der Waals surface area (Å²) >= 11 is 0. The van der Waals surface area contributed by atoms with Crippen LogP contribution in [0.3, 0.4) is 0 Å². The van der Waals surface area contributed by atoms with Crippen LogP contribution in [-0.4, -0.2) is 52.5 Å².